The molecule has 0 N–H and O–H groups in total. The summed E-state index contributed by atoms with van der Waals surface area (Å²) in [7, 11) is 0. The van der Waals surface area contributed by atoms with E-state index < -0.39 is 0 Å². The van der Waals surface area contributed by atoms with Crippen LogP contribution in [0, 0.1) is 17.8 Å². The quantitative estimate of drug-likeness (QED) is 0.183. The van der Waals surface area contributed by atoms with Crippen molar-refractivity contribution >= 4 is 52.2 Å². The van der Waals surface area contributed by atoms with Gasteiger partial charge in [-0.05, 0) is 102 Å². The zero-order chi connectivity index (χ0) is 32.8. The van der Waals surface area contributed by atoms with Crippen LogP contribution in [-0.2, 0) is 6.42 Å². The van der Waals surface area contributed by atoms with E-state index in [0.717, 1.165) is 41.8 Å². The predicted octanol–water partition coefficient (Wildman–Crippen LogP) is 8.55. The van der Waals surface area contributed by atoms with Crippen LogP contribution >= 0.6 is 11.3 Å². The highest BCUT2D eigenvalue weighted by Crippen LogP contribution is 2.47. The first-order chi connectivity index (χ1) is 22.7. The van der Waals surface area contributed by atoms with Gasteiger partial charge < -0.3 is 0 Å². The predicted molar refractivity (Wildman–Crippen MR) is 203 cm³/mol. The topological polar surface area (TPSA) is 17.8 Å². The third kappa shape index (κ3) is 5.72. The first-order valence-corrected chi connectivity index (χ1v) is 17.7. The molecule has 3 aromatic carbocycles. The van der Waals surface area contributed by atoms with Crippen molar-refractivity contribution in [3.05, 3.63) is 145 Å². The fourth-order valence-corrected chi connectivity index (χ4v) is 8.33. The number of benzene rings is 3. The van der Waals surface area contributed by atoms with Crippen molar-refractivity contribution in [2.45, 2.75) is 60.8 Å². The van der Waals surface area contributed by atoms with Gasteiger partial charge in [0.05, 0.1) is 11.0 Å². The Morgan fingerprint density at radius 2 is 1.68 bits per heavy atom. The lowest BCUT2D eigenvalue weighted by atomic mass is 9.67. The minimum Gasteiger partial charge on any atom is -0.296 e. The van der Waals surface area contributed by atoms with Crippen molar-refractivity contribution in [2.24, 2.45) is 10.8 Å². The van der Waals surface area contributed by atoms with Crippen molar-refractivity contribution in [3.8, 4) is 5.69 Å². The standard InChI is InChI=1S/C44H44N2S/c1-7-9-18-40-35(27-31-19-21-33(22-20-31)46-39-17-13-12-16-38(39)45-42(46)8-2)36-29-44(6,26-24-41(36)47-40)32-23-25-43(4,5)37(28-32)34-15-11-10-14-30(34)3/h7,9-24,27-29H,8,25-26H2,1-6H3/b9-7-,35-27?,40-18+. The molecular weight excluding hydrogens is 589 g/mol. The number of allylic oxidation sites excluding steroid dienone is 6. The summed E-state index contributed by atoms with van der Waals surface area (Å²) >= 11 is 1.90. The molecular formula is C44H44N2S. The molecule has 2 nitrogen and oxygen atoms in total. The summed E-state index contributed by atoms with van der Waals surface area (Å²) in [5, 5.41) is 2.66. The second-order valence-electron chi connectivity index (χ2n) is 13.9. The fraction of sp³-hybridized carbons (Fsp3) is 0.250. The summed E-state index contributed by atoms with van der Waals surface area (Å²) in [4.78, 5) is 4.89. The Balaban J connectivity index is 1.34. The Kier molecular flexibility index (Phi) is 8.14. The van der Waals surface area contributed by atoms with Crippen molar-refractivity contribution in [1.29, 1.82) is 0 Å². The van der Waals surface area contributed by atoms with E-state index >= 15 is 0 Å². The number of aromatic nitrogens is 2. The number of rotatable bonds is 6. The van der Waals surface area contributed by atoms with Gasteiger partial charge in [0.25, 0.3) is 0 Å². The molecule has 0 radical (unpaired) electrons. The second-order valence-corrected chi connectivity index (χ2v) is 15.0. The SMILES string of the molecule is C/C=C\C=c1\sc2c(c1=Cc1ccc(-n3c(CC)nc4ccccc43)cc1)=CC(C)(C1=CCC(C)(C)C(c3ccccc3C)=C1)CC=2. The lowest BCUT2D eigenvalue weighted by molar-refractivity contribution is 0.487. The Labute approximate surface area is 282 Å². The normalized spacial score (nSPS) is 19.8. The molecule has 2 aliphatic carbocycles. The van der Waals surface area contributed by atoms with Gasteiger partial charge >= 0.3 is 0 Å². The molecule has 236 valence electrons. The van der Waals surface area contributed by atoms with Crippen LogP contribution in [0.15, 0.2) is 103 Å². The van der Waals surface area contributed by atoms with Gasteiger partial charge in [-0.15, -0.1) is 11.3 Å². The van der Waals surface area contributed by atoms with Crippen LogP contribution in [0.3, 0.4) is 0 Å². The zero-order valence-electron chi connectivity index (χ0n) is 28.5. The summed E-state index contributed by atoms with van der Waals surface area (Å²) in [5.41, 5.74) is 10.2. The summed E-state index contributed by atoms with van der Waals surface area (Å²) in [5.74, 6) is 1.09. The van der Waals surface area contributed by atoms with Crippen LogP contribution in [0.4, 0.5) is 0 Å². The van der Waals surface area contributed by atoms with Gasteiger partial charge in [0.15, 0.2) is 0 Å². The minimum absolute atomic E-state index is 0.0815. The molecule has 0 aliphatic heterocycles. The van der Waals surface area contributed by atoms with Crippen LogP contribution in [0.2, 0.25) is 0 Å². The van der Waals surface area contributed by atoms with Crippen molar-refractivity contribution < 1.29 is 0 Å². The zero-order valence-corrected chi connectivity index (χ0v) is 29.3. The van der Waals surface area contributed by atoms with Crippen LogP contribution in [-0.4, -0.2) is 9.55 Å². The first-order valence-electron chi connectivity index (χ1n) is 16.9. The largest absolute Gasteiger partial charge is 0.296 e. The van der Waals surface area contributed by atoms with E-state index in [1.54, 1.807) is 0 Å². The minimum atomic E-state index is -0.0815. The molecule has 2 aromatic heterocycles. The van der Waals surface area contributed by atoms with E-state index in [1.165, 1.54) is 47.3 Å². The summed E-state index contributed by atoms with van der Waals surface area (Å²) in [6.07, 6.45) is 21.9. The van der Waals surface area contributed by atoms with Crippen LogP contribution in [0.25, 0.3) is 46.6 Å². The van der Waals surface area contributed by atoms with E-state index in [2.05, 4.69) is 168 Å². The highest BCUT2D eigenvalue weighted by molar-refractivity contribution is 7.07. The number of nitrogens with zero attached hydrogens (tertiary/aromatic N) is 2. The highest BCUT2D eigenvalue weighted by atomic mass is 32.1. The molecule has 0 fully saturated rings. The van der Waals surface area contributed by atoms with Gasteiger partial charge in [0.2, 0.25) is 0 Å². The molecule has 0 amide bonds. The molecule has 1 unspecified atom stereocenters. The Morgan fingerprint density at radius 1 is 0.915 bits per heavy atom. The molecule has 1 atom stereocenters. The van der Waals surface area contributed by atoms with E-state index in [4.69, 9.17) is 4.98 Å². The van der Waals surface area contributed by atoms with Gasteiger partial charge in [-0.25, -0.2) is 4.98 Å². The van der Waals surface area contributed by atoms with Crippen molar-refractivity contribution in [2.75, 3.05) is 0 Å². The number of imidazole rings is 1. The Bertz CT molecular complexity index is 2340. The van der Waals surface area contributed by atoms with Gasteiger partial charge in [0.1, 0.15) is 5.82 Å². The fourth-order valence-electron chi connectivity index (χ4n) is 7.22. The monoisotopic (exact) mass is 632 g/mol. The van der Waals surface area contributed by atoms with Gasteiger partial charge in [0, 0.05) is 31.8 Å². The molecule has 3 heteroatoms. The van der Waals surface area contributed by atoms with E-state index in [-0.39, 0.29) is 10.8 Å². The maximum absolute atomic E-state index is 4.89. The van der Waals surface area contributed by atoms with Crippen molar-refractivity contribution in [3.63, 3.8) is 0 Å². The lowest BCUT2D eigenvalue weighted by Crippen LogP contribution is -2.42. The molecule has 0 bridgehead atoms. The average molecular weight is 633 g/mol. The number of hydrogen-bond donors (Lipinski definition) is 0. The van der Waals surface area contributed by atoms with E-state index in [0.29, 0.717) is 0 Å². The van der Waals surface area contributed by atoms with E-state index in [1.807, 2.05) is 11.3 Å². The summed E-state index contributed by atoms with van der Waals surface area (Å²) in [6.45, 7) is 13.7. The van der Waals surface area contributed by atoms with Gasteiger partial charge in [-0.2, -0.15) is 0 Å². The van der Waals surface area contributed by atoms with Crippen LogP contribution in [0.1, 0.15) is 70.0 Å². The third-order valence-corrected chi connectivity index (χ3v) is 11.2. The Hall–Kier alpha value is -4.47. The second kappa shape index (κ2) is 12.3. The maximum atomic E-state index is 4.89. The lowest BCUT2D eigenvalue weighted by Gasteiger charge is -2.37. The summed E-state index contributed by atoms with van der Waals surface area (Å²) in [6, 6.07) is 26.2. The smallest absolute Gasteiger partial charge is 0.114 e. The average Bonchev–Trinajstić information content (AvgIpc) is 3.61. The molecule has 0 saturated carbocycles. The maximum Gasteiger partial charge on any atom is 0.114 e. The summed E-state index contributed by atoms with van der Waals surface area (Å²) < 4.78 is 4.97. The van der Waals surface area contributed by atoms with Crippen LogP contribution in [0.5, 0.6) is 0 Å². The molecule has 2 aliphatic rings. The molecule has 7 rings (SSSR count). The van der Waals surface area contributed by atoms with Gasteiger partial charge in [-0.1, -0.05) is 113 Å². The molecule has 0 saturated heterocycles. The Morgan fingerprint density at radius 3 is 2.45 bits per heavy atom. The highest BCUT2D eigenvalue weighted by Gasteiger charge is 2.34. The number of fused-ring (bicyclic) bond motifs is 2. The van der Waals surface area contributed by atoms with Crippen molar-refractivity contribution in [1.82, 2.24) is 9.55 Å². The third-order valence-electron chi connectivity index (χ3n) is 10.0. The molecule has 0 spiro atoms. The molecule has 5 aromatic rings. The first kappa shape index (κ1) is 31.1. The van der Waals surface area contributed by atoms with E-state index in [9.17, 15) is 0 Å². The number of hydrogen-bond acceptors (Lipinski definition) is 2. The number of para-hydroxylation sites is 2. The number of thiophene rings is 1. The number of aryl methyl sites for hydroxylation is 2. The van der Waals surface area contributed by atoms with Crippen LogP contribution < -0.4 is 19.5 Å². The molecule has 2 heterocycles. The van der Waals surface area contributed by atoms with Gasteiger partial charge in [-0.3, -0.25) is 4.57 Å². The molecule has 47 heavy (non-hydrogen) atoms.